The zero-order valence-corrected chi connectivity index (χ0v) is 17.2. The average molecular weight is 384 g/mol. The highest BCUT2D eigenvalue weighted by atomic mass is 28.3. The van der Waals surface area contributed by atoms with Crippen LogP contribution in [-0.4, -0.2) is 25.2 Å². The summed E-state index contributed by atoms with van der Waals surface area (Å²) in [5, 5.41) is 0.985. The highest BCUT2D eigenvalue weighted by Crippen LogP contribution is 2.27. The van der Waals surface area contributed by atoms with Crippen LogP contribution in [0.4, 0.5) is 0 Å². The van der Waals surface area contributed by atoms with Crippen molar-refractivity contribution in [1.82, 2.24) is 4.57 Å². The van der Waals surface area contributed by atoms with Crippen LogP contribution in [0, 0.1) is 0 Å². The quantitative estimate of drug-likeness (QED) is 0.208. The van der Waals surface area contributed by atoms with Crippen molar-refractivity contribution in [3.05, 3.63) is 52.7 Å². The molecule has 0 aliphatic heterocycles. The summed E-state index contributed by atoms with van der Waals surface area (Å²) in [6, 6.07) is 13.8. The third kappa shape index (κ3) is 4.28. The third-order valence-corrected chi connectivity index (χ3v) is 6.14. The van der Waals surface area contributed by atoms with Crippen molar-refractivity contribution in [1.29, 1.82) is 0 Å². The van der Waals surface area contributed by atoms with Crippen molar-refractivity contribution in [2.75, 3.05) is 6.61 Å². The Kier molecular flexibility index (Phi) is 5.48. The molecule has 1 aromatic heterocycles. The predicted molar refractivity (Wildman–Crippen MR) is 111 cm³/mol. The molecule has 0 saturated heterocycles. The second kappa shape index (κ2) is 7.66. The Hall–Kier alpha value is -2.44. The number of nitrogens with zero attached hydrogens (tertiary/aromatic N) is 1. The Labute approximate surface area is 159 Å². The fourth-order valence-electron chi connectivity index (χ4n) is 3.05. The molecule has 0 spiro atoms. The molecular formula is C21H25NO4Si. The van der Waals surface area contributed by atoms with Gasteiger partial charge in [-0.3, -0.25) is 9.59 Å². The maximum atomic E-state index is 13.1. The molecule has 0 saturated carbocycles. The number of benzene rings is 2. The molecule has 2 aromatic carbocycles. The molecule has 6 heteroatoms. The minimum absolute atomic E-state index is 0.143. The van der Waals surface area contributed by atoms with E-state index in [0.29, 0.717) is 29.6 Å². The average Bonchev–Trinajstić information content (AvgIpc) is 2.59. The topological polar surface area (TPSA) is 57.5 Å². The first-order valence-corrected chi connectivity index (χ1v) is 12.8. The van der Waals surface area contributed by atoms with E-state index in [2.05, 4.69) is 19.6 Å². The Morgan fingerprint density at radius 2 is 1.74 bits per heavy atom. The fourth-order valence-corrected chi connectivity index (χ4v) is 3.81. The normalized spacial score (nSPS) is 11.9. The molecule has 27 heavy (non-hydrogen) atoms. The lowest BCUT2D eigenvalue weighted by Crippen LogP contribution is -2.22. The highest BCUT2D eigenvalue weighted by Gasteiger charge is 2.16. The Morgan fingerprint density at radius 1 is 1.04 bits per heavy atom. The minimum Gasteiger partial charge on any atom is -0.426 e. The zero-order valence-electron chi connectivity index (χ0n) is 16.2. The second-order valence-electron chi connectivity index (χ2n) is 7.87. The van der Waals surface area contributed by atoms with Gasteiger partial charge in [0.15, 0.2) is 0 Å². The Bertz CT molecular complexity index is 1050. The molecule has 0 amide bonds. The van der Waals surface area contributed by atoms with E-state index in [1.807, 2.05) is 28.8 Å². The molecule has 0 atom stereocenters. The number of carbonyl (C=O) groups excluding carboxylic acids is 1. The SMILES string of the molecule is CC(=O)Oc1cccc2c1c(=O)c1ccccc1n2COCC[Si](C)(C)C. The lowest BCUT2D eigenvalue weighted by atomic mass is 10.1. The van der Waals surface area contributed by atoms with Crippen molar-refractivity contribution >= 4 is 35.8 Å². The zero-order chi connectivity index (χ0) is 19.6. The van der Waals surface area contributed by atoms with Crippen molar-refractivity contribution in [2.45, 2.75) is 39.3 Å². The van der Waals surface area contributed by atoms with Gasteiger partial charge in [0.25, 0.3) is 0 Å². The van der Waals surface area contributed by atoms with Crippen LogP contribution >= 0.6 is 0 Å². The first-order valence-electron chi connectivity index (χ1n) is 9.08. The van der Waals surface area contributed by atoms with Gasteiger partial charge >= 0.3 is 5.97 Å². The number of para-hydroxylation sites is 1. The first kappa shape index (κ1) is 19.3. The van der Waals surface area contributed by atoms with Gasteiger partial charge in [-0.1, -0.05) is 37.8 Å². The van der Waals surface area contributed by atoms with Gasteiger partial charge in [-0.2, -0.15) is 0 Å². The summed E-state index contributed by atoms with van der Waals surface area (Å²) in [4.78, 5) is 24.5. The van der Waals surface area contributed by atoms with E-state index in [9.17, 15) is 9.59 Å². The number of esters is 1. The molecule has 0 radical (unpaired) electrons. The highest BCUT2D eigenvalue weighted by molar-refractivity contribution is 6.76. The van der Waals surface area contributed by atoms with Gasteiger partial charge in [-0.05, 0) is 30.3 Å². The summed E-state index contributed by atoms with van der Waals surface area (Å²) in [7, 11) is -1.18. The van der Waals surface area contributed by atoms with E-state index in [4.69, 9.17) is 9.47 Å². The van der Waals surface area contributed by atoms with Gasteiger partial charge in [-0.25, -0.2) is 0 Å². The third-order valence-electron chi connectivity index (χ3n) is 4.43. The number of ether oxygens (including phenoxy) is 2. The van der Waals surface area contributed by atoms with E-state index >= 15 is 0 Å². The molecule has 5 nitrogen and oxygen atoms in total. The number of hydrogen-bond acceptors (Lipinski definition) is 4. The lowest BCUT2D eigenvalue weighted by Gasteiger charge is -2.19. The standard InChI is InChI=1S/C21H25NO4Si/c1-15(23)26-19-11-7-10-18-20(19)21(24)16-8-5-6-9-17(16)22(18)14-25-12-13-27(2,3)4/h5-11H,12-14H2,1-4H3. The summed E-state index contributed by atoms with van der Waals surface area (Å²) in [6.07, 6.45) is 0. The van der Waals surface area contributed by atoms with E-state index in [1.165, 1.54) is 6.92 Å². The number of carbonyl (C=O) groups is 1. The smallest absolute Gasteiger partial charge is 0.308 e. The Balaban J connectivity index is 2.13. The maximum Gasteiger partial charge on any atom is 0.308 e. The van der Waals surface area contributed by atoms with Crippen molar-refractivity contribution in [3.8, 4) is 5.75 Å². The number of pyridine rings is 1. The van der Waals surface area contributed by atoms with Crippen LogP contribution < -0.4 is 10.2 Å². The number of fused-ring (bicyclic) bond motifs is 2. The van der Waals surface area contributed by atoms with E-state index in [0.717, 1.165) is 11.6 Å². The van der Waals surface area contributed by atoms with E-state index < -0.39 is 14.0 Å². The van der Waals surface area contributed by atoms with Crippen LogP contribution in [-0.2, 0) is 16.3 Å². The molecule has 0 fully saturated rings. The first-order chi connectivity index (χ1) is 12.8. The Morgan fingerprint density at radius 3 is 2.44 bits per heavy atom. The molecule has 3 aromatic rings. The van der Waals surface area contributed by atoms with Crippen molar-refractivity contribution in [3.63, 3.8) is 0 Å². The lowest BCUT2D eigenvalue weighted by molar-refractivity contribution is -0.131. The van der Waals surface area contributed by atoms with Crippen LogP contribution in [0.3, 0.4) is 0 Å². The van der Waals surface area contributed by atoms with Gasteiger partial charge in [0.1, 0.15) is 12.5 Å². The molecule has 142 valence electrons. The van der Waals surface area contributed by atoms with E-state index in [1.54, 1.807) is 18.2 Å². The largest absolute Gasteiger partial charge is 0.426 e. The van der Waals surface area contributed by atoms with Gasteiger partial charge < -0.3 is 14.0 Å². The van der Waals surface area contributed by atoms with Gasteiger partial charge in [0.2, 0.25) is 5.43 Å². The number of aromatic nitrogens is 1. The molecule has 0 bridgehead atoms. The van der Waals surface area contributed by atoms with Crippen LogP contribution in [0.5, 0.6) is 5.75 Å². The molecule has 1 heterocycles. The van der Waals surface area contributed by atoms with Crippen LogP contribution in [0.15, 0.2) is 47.3 Å². The van der Waals surface area contributed by atoms with Crippen molar-refractivity contribution in [2.24, 2.45) is 0 Å². The summed E-state index contributed by atoms with van der Waals surface area (Å²) in [5.74, 6) is -0.167. The molecular weight excluding hydrogens is 358 g/mol. The van der Waals surface area contributed by atoms with Crippen LogP contribution in [0.25, 0.3) is 21.8 Å². The second-order valence-corrected chi connectivity index (χ2v) is 13.5. The minimum atomic E-state index is -1.18. The van der Waals surface area contributed by atoms with E-state index in [-0.39, 0.29) is 11.2 Å². The van der Waals surface area contributed by atoms with Crippen LogP contribution in [0.1, 0.15) is 6.92 Å². The summed E-state index contributed by atoms with van der Waals surface area (Å²) in [6.45, 7) is 9.29. The van der Waals surface area contributed by atoms with Gasteiger partial charge in [0, 0.05) is 27.0 Å². The monoisotopic (exact) mass is 383 g/mol. The number of hydrogen-bond donors (Lipinski definition) is 0. The van der Waals surface area contributed by atoms with Crippen molar-refractivity contribution < 1.29 is 14.3 Å². The summed E-state index contributed by atoms with van der Waals surface area (Å²) < 4.78 is 13.2. The summed E-state index contributed by atoms with van der Waals surface area (Å²) >= 11 is 0. The molecule has 0 N–H and O–H groups in total. The summed E-state index contributed by atoms with van der Waals surface area (Å²) in [5.41, 5.74) is 1.37. The predicted octanol–water partition coefficient (Wildman–Crippen LogP) is 4.39. The molecule has 0 aliphatic carbocycles. The molecule has 0 unspecified atom stereocenters. The number of rotatable bonds is 6. The van der Waals surface area contributed by atoms with Gasteiger partial charge in [0.05, 0.1) is 16.4 Å². The van der Waals surface area contributed by atoms with Crippen LogP contribution in [0.2, 0.25) is 25.7 Å². The fraction of sp³-hybridized carbons (Fsp3) is 0.333. The molecule has 0 aliphatic rings. The maximum absolute atomic E-state index is 13.1. The molecule has 3 rings (SSSR count). The van der Waals surface area contributed by atoms with Gasteiger partial charge in [-0.15, -0.1) is 0 Å².